The zero-order valence-corrected chi connectivity index (χ0v) is 18.7. The third kappa shape index (κ3) is 8.73. The first-order valence-electron chi connectivity index (χ1n) is 11.1. The molecule has 0 atom stereocenters. The molecule has 0 fully saturated rings. The summed E-state index contributed by atoms with van der Waals surface area (Å²) in [6.45, 7) is 8.75. The molecule has 0 saturated carbocycles. The highest BCUT2D eigenvalue weighted by Crippen LogP contribution is 2.19. The maximum absolute atomic E-state index is 12.0. The summed E-state index contributed by atoms with van der Waals surface area (Å²) in [7, 11) is 0. The Balaban J connectivity index is 0.000000335. The van der Waals surface area contributed by atoms with Crippen LogP contribution < -0.4 is 15.4 Å². The van der Waals surface area contributed by atoms with Crippen molar-refractivity contribution in [3.63, 3.8) is 0 Å². The van der Waals surface area contributed by atoms with E-state index in [0.717, 1.165) is 35.5 Å². The monoisotopic (exact) mass is 408 g/mol. The molecular weight excluding hydrogens is 372 g/mol. The molecule has 1 amide bonds. The zero-order valence-electron chi connectivity index (χ0n) is 18.7. The molecule has 0 bridgehead atoms. The van der Waals surface area contributed by atoms with Gasteiger partial charge in [0, 0.05) is 18.8 Å². The second-order valence-electron chi connectivity index (χ2n) is 7.54. The standard InChI is InChI=1S/C19H23NO2.C7H13N/c1-3-11-22-18-10-9-17(12-15(18)2)13-19(21)20-14-16-7-5-4-6-8-16;1-2-7-5-3-4-6-8-7/h4-10,12H,3,11,13-14H2,1-2H3,(H,20,21);5,8H,2-4,6H2,1H3. The normalized spacial score (nSPS) is 12.7. The van der Waals surface area contributed by atoms with Gasteiger partial charge in [0.1, 0.15) is 5.75 Å². The van der Waals surface area contributed by atoms with Gasteiger partial charge in [-0.25, -0.2) is 0 Å². The van der Waals surface area contributed by atoms with Crippen molar-refractivity contribution in [1.82, 2.24) is 10.6 Å². The van der Waals surface area contributed by atoms with Gasteiger partial charge in [-0.3, -0.25) is 4.79 Å². The van der Waals surface area contributed by atoms with Crippen LogP contribution in [0.2, 0.25) is 0 Å². The van der Waals surface area contributed by atoms with E-state index >= 15 is 0 Å². The van der Waals surface area contributed by atoms with Crippen molar-refractivity contribution < 1.29 is 9.53 Å². The van der Waals surface area contributed by atoms with E-state index in [9.17, 15) is 4.79 Å². The lowest BCUT2D eigenvalue weighted by atomic mass is 10.1. The fourth-order valence-electron chi connectivity index (χ4n) is 3.21. The van der Waals surface area contributed by atoms with Gasteiger partial charge >= 0.3 is 0 Å². The van der Waals surface area contributed by atoms with Crippen LogP contribution in [0, 0.1) is 6.92 Å². The van der Waals surface area contributed by atoms with Gasteiger partial charge in [0.15, 0.2) is 0 Å². The molecule has 2 aromatic rings. The summed E-state index contributed by atoms with van der Waals surface area (Å²) in [5, 5.41) is 6.28. The van der Waals surface area contributed by atoms with Crippen molar-refractivity contribution in [2.24, 2.45) is 0 Å². The quantitative estimate of drug-likeness (QED) is 0.623. The van der Waals surface area contributed by atoms with Crippen LogP contribution in [0.25, 0.3) is 0 Å². The summed E-state index contributed by atoms with van der Waals surface area (Å²) in [6.07, 6.45) is 7.42. The minimum absolute atomic E-state index is 0.0329. The van der Waals surface area contributed by atoms with Gasteiger partial charge in [0.25, 0.3) is 0 Å². The summed E-state index contributed by atoms with van der Waals surface area (Å²) in [5.74, 6) is 0.931. The molecule has 0 aromatic heterocycles. The molecule has 2 aromatic carbocycles. The Morgan fingerprint density at radius 2 is 1.90 bits per heavy atom. The van der Waals surface area contributed by atoms with Crippen molar-refractivity contribution in [2.45, 2.75) is 59.4 Å². The van der Waals surface area contributed by atoms with E-state index < -0.39 is 0 Å². The van der Waals surface area contributed by atoms with Gasteiger partial charge in [-0.1, -0.05) is 62.4 Å². The Morgan fingerprint density at radius 3 is 2.50 bits per heavy atom. The first-order valence-corrected chi connectivity index (χ1v) is 11.1. The van der Waals surface area contributed by atoms with E-state index in [4.69, 9.17) is 4.74 Å². The number of allylic oxidation sites excluding steroid dienone is 2. The second kappa shape index (κ2) is 13.5. The molecule has 4 nitrogen and oxygen atoms in total. The number of carbonyl (C=O) groups is 1. The summed E-state index contributed by atoms with van der Waals surface area (Å²) >= 11 is 0. The topological polar surface area (TPSA) is 50.4 Å². The van der Waals surface area contributed by atoms with Crippen molar-refractivity contribution in [1.29, 1.82) is 0 Å². The number of carbonyl (C=O) groups excluding carboxylic acids is 1. The van der Waals surface area contributed by atoms with Crippen LogP contribution in [0.4, 0.5) is 0 Å². The number of amides is 1. The van der Waals surface area contributed by atoms with Gasteiger partial charge in [-0.2, -0.15) is 0 Å². The molecule has 1 aliphatic rings. The number of ether oxygens (including phenoxy) is 1. The molecule has 162 valence electrons. The highest BCUT2D eigenvalue weighted by molar-refractivity contribution is 5.78. The maximum Gasteiger partial charge on any atom is 0.224 e. The van der Waals surface area contributed by atoms with Crippen LogP contribution in [0.5, 0.6) is 5.75 Å². The number of nitrogens with one attached hydrogen (secondary N) is 2. The van der Waals surface area contributed by atoms with Crippen LogP contribution in [0.1, 0.15) is 56.2 Å². The molecule has 4 heteroatoms. The predicted octanol–water partition coefficient (Wildman–Crippen LogP) is 5.31. The van der Waals surface area contributed by atoms with Crippen LogP contribution in [0.3, 0.4) is 0 Å². The van der Waals surface area contributed by atoms with Gasteiger partial charge in [0.2, 0.25) is 5.91 Å². The first kappa shape index (κ1) is 23.5. The average molecular weight is 409 g/mol. The average Bonchev–Trinajstić information content (AvgIpc) is 2.79. The number of hydrogen-bond acceptors (Lipinski definition) is 3. The summed E-state index contributed by atoms with van der Waals surface area (Å²) < 4.78 is 5.65. The third-order valence-electron chi connectivity index (χ3n) is 4.90. The lowest BCUT2D eigenvalue weighted by Gasteiger charge is -2.12. The molecule has 2 N–H and O–H groups in total. The smallest absolute Gasteiger partial charge is 0.224 e. The van der Waals surface area contributed by atoms with Crippen molar-refractivity contribution in [3.05, 3.63) is 77.0 Å². The highest BCUT2D eigenvalue weighted by Gasteiger charge is 2.06. The third-order valence-corrected chi connectivity index (χ3v) is 4.90. The number of hydrogen-bond donors (Lipinski definition) is 2. The van der Waals surface area contributed by atoms with Gasteiger partial charge < -0.3 is 15.4 Å². The Bertz CT molecular complexity index is 800. The lowest BCUT2D eigenvalue weighted by molar-refractivity contribution is -0.120. The Labute approximate surface area is 181 Å². The van der Waals surface area contributed by atoms with E-state index in [1.807, 2.05) is 55.5 Å². The molecule has 0 spiro atoms. The van der Waals surface area contributed by atoms with Gasteiger partial charge in [-0.05, 0) is 55.4 Å². The predicted molar refractivity (Wildman–Crippen MR) is 125 cm³/mol. The minimum atomic E-state index is 0.0329. The largest absolute Gasteiger partial charge is 0.493 e. The summed E-state index contributed by atoms with van der Waals surface area (Å²) in [6, 6.07) is 15.8. The van der Waals surface area contributed by atoms with Crippen LogP contribution in [-0.4, -0.2) is 19.1 Å². The fraction of sp³-hybridized carbons (Fsp3) is 0.423. The highest BCUT2D eigenvalue weighted by atomic mass is 16.5. The molecule has 0 radical (unpaired) electrons. The Kier molecular flexibility index (Phi) is 10.6. The van der Waals surface area contributed by atoms with E-state index in [0.29, 0.717) is 13.0 Å². The van der Waals surface area contributed by atoms with Crippen LogP contribution in [-0.2, 0) is 17.8 Å². The van der Waals surface area contributed by atoms with Crippen LogP contribution >= 0.6 is 0 Å². The molecule has 3 rings (SSSR count). The molecule has 1 aliphatic heterocycles. The number of rotatable bonds is 8. The summed E-state index contributed by atoms with van der Waals surface area (Å²) in [5.41, 5.74) is 4.61. The van der Waals surface area contributed by atoms with E-state index in [2.05, 4.69) is 30.6 Å². The second-order valence-corrected chi connectivity index (χ2v) is 7.54. The van der Waals surface area contributed by atoms with E-state index in [1.165, 1.54) is 31.5 Å². The van der Waals surface area contributed by atoms with Crippen LogP contribution in [0.15, 0.2) is 60.3 Å². The SMILES string of the molecule is CCC1=CCCCN1.CCCOc1ccc(CC(=O)NCc2ccccc2)cc1C. The zero-order chi connectivity index (χ0) is 21.6. The van der Waals surface area contributed by atoms with E-state index in [-0.39, 0.29) is 5.91 Å². The minimum Gasteiger partial charge on any atom is -0.493 e. The Hall–Kier alpha value is -2.75. The maximum atomic E-state index is 12.0. The molecule has 0 unspecified atom stereocenters. The lowest BCUT2D eigenvalue weighted by Crippen LogP contribution is -2.24. The molecule has 30 heavy (non-hydrogen) atoms. The van der Waals surface area contributed by atoms with Crippen molar-refractivity contribution in [2.75, 3.05) is 13.2 Å². The van der Waals surface area contributed by atoms with Crippen molar-refractivity contribution in [3.8, 4) is 5.75 Å². The molecule has 0 aliphatic carbocycles. The molecule has 0 saturated heterocycles. The van der Waals surface area contributed by atoms with Gasteiger partial charge in [-0.15, -0.1) is 0 Å². The number of benzene rings is 2. The fourth-order valence-corrected chi connectivity index (χ4v) is 3.21. The van der Waals surface area contributed by atoms with Gasteiger partial charge in [0.05, 0.1) is 13.0 Å². The van der Waals surface area contributed by atoms with E-state index in [1.54, 1.807) is 0 Å². The number of aryl methyl sites for hydroxylation is 1. The molecular formula is C26H36N2O2. The Morgan fingerprint density at radius 1 is 1.10 bits per heavy atom. The van der Waals surface area contributed by atoms with Crippen molar-refractivity contribution >= 4 is 5.91 Å². The first-order chi connectivity index (χ1) is 14.6. The summed E-state index contributed by atoms with van der Waals surface area (Å²) in [4.78, 5) is 12.0. The molecule has 1 heterocycles.